The lowest BCUT2D eigenvalue weighted by atomic mass is 9.92. The number of hydrogen-bond acceptors (Lipinski definition) is 6. The van der Waals surface area contributed by atoms with Gasteiger partial charge in [-0.15, -0.1) is 5.10 Å². The third kappa shape index (κ3) is 2.19. The van der Waals surface area contributed by atoms with Crippen LogP contribution >= 0.6 is 0 Å². The molecular formula is C13H20N8. The Kier molecular flexibility index (Phi) is 3.10. The van der Waals surface area contributed by atoms with Gasteiger partial charge in [0.05, 0.1) is 0 Å². The summed E-state index contributed by atoms with van der Waals surface area (Å²) < 4.78 is 1.78. The Bertz CT molecular complexity index is 591. The number of hydrogen-bond donors (Lipinski definition) is 2. The first kappa shape index (κ1) is 12.8. The van der Waals surface area contributed by atoms with E-state index in [2.05, 4.69) is 30.5 Å². The van der Waals surface area contributed by atoms with Crippen molar-refractivity contribution in [2.75, 3.05) is 24.5 Å². The predicted molar refractivity (Wildman–Crippen MR) is 76.9 cm³/mol. The summed E-state index contributed by atoms with van der Waals surface area (Å²) in [5, 5.41) is 15.1. The van der Waals surface area contributed by atoms with Crippen molar-refractivity contribution < 1.29 is 0 Å². The lowest BCUT2D eigenvalue weighted by Crippen LogP contribution is -2.45. The summed E-state index contributed by atoms with van der Waals surface area (Å²) in [6.07, 6.45) is 5.75. The van der Waals surface area contributed by atoms with Crippen molar-refractivity contribution in [1.29, 1.82) is 0 Å². The quantitative estimate of drug-likeness (QED) is 0.838. The predicted octanol–water partition coefficient (Wildman–Crippen LogP) is 0.194. The zero-order valence-electron chi connectivity index (χ0n) is 12.1. The zero-order chi connectivity index (χ0) is 14.2. The lowest BCUT2D eigenvalue weighted by molar-refractivity contribution is 0.381. The van der Waals surface area contributed by atoms with Crippen molar-refractivity contribution in [2.24, 2.45) is 5.92 Å². The fourth-order valence-electron chi connectivity index (χ4n) is 3.44. The molecule has 2 N–H and O–H groups in total. The standard InChI is InChI=1S/C13H20N8/c1-9(21-8-15-7-16-21)12-17-13(19-18-12)20-4-2-3-10-5-14-6-11(10)20/h7-11,14H,2-6H2,1H3,(H,17,18,19). The maximum atomic E-state index is 4.69. The van der Waals surface area contributed by atoms with E-state index in [0.717, 1.165) is 37.3 Å². The maximum absolute atomic E-state index is 4.69. The highest BCUT2D eigenvalue weighted by molar-refractivity contribution is 5.33. The molecule has 3 atom stereocenters. The summed E-state index contributed by atoms with van der Waals surface area (Å²) in [5.41, 5.74) is 0. The van der Waals surface area contributed by atoms with Crippen molar-refractivity contribution in [3.8, 4) is 0 Å². The average molecular weight is 288 g/mol. The van der Waals surface area contributed by atoms with Crippen molar-refractivity contribution in [3.63, 3.8) is 0 Å². The topological polar surface area (TPSA) is 87.5 Å². The van der Waals surface area contributed by atoms with Gasteiger partial charge in [-0.3, -0.25) is 5.10 Å². The second-order valence-electron chi connectivity index (χ2n) is 5.89. The molecule has 4 rings (SSSR count). The minimum Gasteiger partial charge on any atom is -0.335 e. The third-order valence-electron chi connectivity index (χ3n) is 4.66. The summed E-state index contributed by atoms with van der Waals surface area (Å²) in [7, 11) is 0. The highest BCUT2D eigenvalue weighted by atomic mass is 15.4. The van der Waals surface area contributed by atoms with Crippen LogP contribution in [-0.2, 0) is 0 Å². The molecule has 2 aromatic heterocycles. The fourth-order valence-corrected chi connectivity index (χ4v) is 3.44. The van der Waals surface area contributed by atoms with E-state index in [1.54, 1.807) is 11.0 Å². The van der Waals surface area contributed by atoms with Gasteiger partial charge in [0.25, 0.3) is 0 Å². The van der Waals surface area contributed by atoms with E-state index in [9.17, 15) is 0 Å². The molecule has 8 nitrogen and oxygen atoms in total. The first-order valence-electron chi connectivity index (χ1n) is 7.56. The lowest BCUT2D eigenvalue weighted by Gasteiger charge is -2.36. The second kappa shape index (κ2) is 5.10. The largest absolute Gasteiger partial charge is 0.335 e. The Morgan fingerprint density at radius 1 is 1.38 bits per heavy atom. The molecule has 112 valence electrons. The SMILES string of the molecule is CC(c1nc(N2CCCC3CNCC32)n[nH]1)n1cncn1. The van der Waals surface area contributed by atoms with E-state index in [-0.39, 0.29) is 6.04 Å². The van der Waals surface area contributed by atoms with Gasteiger partial charge in [-0.25, -0.2) is 9.67 Å². The molecule has 2 aliphatic heterocycles. The first-order chi connectivity index (χ1) is 10.3. The molecular weight excluding hydrogens is 268 g/mol. The van der Waals surface area contributed by atoms with Gasteiger partial charge < -0.3 is 10.2 Å². The number of aromatic nitrogens is 6. The average Bonchev–Trinajstić information content (AvgIpc) is 3.25. The second-order valence-corrected chi connectivity index (χ2v) is 5.89. The number of nitrogens with zero attached hydrogens (tertiary/aromatic N) is 6. The van der Waals surface area contributed by atoms with E-state index in [4.69, 9.17) is 4.98 Å². The number of anilines is 1. The monoisotopic (exact) mass is 288 g/mol. The Labute approximate surface area is 123 Å². The van der Waals surface area contributed by atoms with Gasteiger partial charge in [-0.2, -0.15) is 10.1 Å². The summed E-state index contributed by atoms with van der Waals surface area (Å²) in [5.74, 6) is 2.37. The van der Waals surface area contributed by atoms with Crippen LogP contribution in [0.2, 0.25) is 0 Å². The molecule has 0 spiro atoms. The van der Waals surface area contributed by atoms with Crippen molar-refractivity contribution >= 4 is 5.95 Å². The van der Waals surface area contributed by atoms with Crippen LogP contribution in [-0.4, -0.2) is 55.6 Å². The highest BCUT2D eigenvalue weighted by Gasteiger charge is 2.36. The summed E-state index contributed by atoms with van der Waals surface area (Å²) in [4.78, 5) is 11.0. The van der Waals surface area contributed by atoms with Crippen molar-refractivity contribution in [1.82, 2.24) is 35.3 Å². The Balaban J connectivity index is 1.56. The number of fused-ring (bicyclic) bond motifs is 1. The van der Waals surface area contributed by atoms with Gasteiger partial charge in [0.2, 0.25) is 5.95 Å². The van der Waals surface area contributed by atoms with Crippen LogP contribution in [0, 0.1) is 5.92 Å². The van der Waals surface area contributed by atoms with E-state index in [0.29, 0.717) is 6.04 Å². The molecule has 0 bridgehead atoms. The van der Waals surface area contributed by atoms with Crippen LogP contribution in [0.4, 0.5) is 5.95 Å². The number of aromatic amines is 1. The number of nitrogens with one attached hydrogen (secondary N) is 2. The van der Waals surface area contributed by atoms with Gasteiger partial charge in [0, 0.05) is 25.7 Å². The van der Waals surface area contributed by atoms with Gasteiger partial charge in [-0.1, -0.05) is 0 Å². The molecule has 2 aliphatic rings. The molecule has 2 fully saturated rings. The molecule has 2 saturated heterocycles. The normalized spacial score (nSPS) is 26.8. The molecule has 0 saturated carbocycles. The van der Waals surface area contributed by atoms with Crippen LogP contribution in [0.3, 0.4) is 0 Å². The molecule has 4 heterocycles. The number of rotatable bonds is 3. The molecule has 0 amide bonds. The molecule has 21 heavy (non-hydrogen) atoms. The number of H-pyrrole nitrogens is 1. The van der Waals surface area contributed by atoms with Crippen molar-refractivity contribution in [3.05, 3.63) is 18.5 Å². The van der Waals surface area contributed by atoms with Crippen LogP contribution in [0.15, 0.2) is 12.7 Å². The van der Waals surface area contributed by atoms with Gasteiger partial charge in [0.15, 0.2) is 5.82 Å². The maximum Gasteiger partial charge on any atom is 0.245 e. The van der Waals surface area contributed by atoms with Crippen LogP contribution in [0.25, 0.3) is 0 Å². The molecule has 0 aromatic carbocycles. The van der Waals surface area contributed by atoms with E-state index < -0.39 is 0 Å². The Morgan fingerprint density at radius 3 is 3.19 bits per heavy atom. The Morgan fingerprint density at radius 2 is 2.33 bits per heavy atom. The van der Waals surface area contributed by atoms with Crippen LogP contribution in [0.5, 0.6) is 0 Å². The molecule has 2 aromatic rings. The van der Waals surface area contributed by atoms with Gasteiger partial charge in [-0.05, 0) is 25.7 Å². The van der Waals surface area contributed by atoms with Crippen LogP contribution < -0.4 is 10.2 Å². The molecule has 0 aliphatic carbocycles. The highest BCUT2D eigenvalue weighted by Crippen LogP contribution is 2.29. The minimum atomic E-state index is 0.0102. The molecule has 8 heteroatoms. The van der Waals surface area contributed by atoms with E-state index >= 15 is 0 Å². The molecule has 3 unspecified atom stereocenters. The molecule has 0 radical (unpaired) electrons. The third-order valence-corrected chi connectivity index (χ3v) is 4.66. The smallest absolute Gasteiger partial charge is 0.245 e. The van der Waals surface area contributed by atoms with Crippen molar-refractivity contribution in [2.45, 2.75) is 31.8 Å². The Hall–Kier alpha value is -1.96. The van der Waals surface area contributed by atoms with E-state index in [1.165, 1.54) is 19.2 Å². The number of piperidine rings is 1. The zero-order valence-corrected chi connectivity index (χ0v) is 12.1. The van der Waals surface area contributed by atoms with Gasteiger partial charge >= 0.3 is 0 Å². The van der Waals surface area contributed by atoms with Crippen LogP contribution in [0.1, 0.15) is 31.6 Å². The van der Waals surface area contributed by atoms with Gasteiger partial charge in [0.1, 0.15) is 18.7 Å². The summed E-state index contributed by atoms with van der Waals surface area (Å²) in [6.45, 7) is 5.23. The summed E-state index contributed by atoms with van der Waals surface area (Å²) in [6, 6.07) is 0.542. The fraction of sp³-hybridized carbons (Fsp3) is 0.692. The van der Waals surface area contributed by atoms with E-state index in [1.807, 2.05) is 6.92 Å². The summed E-state index contributed by atoms with van der Waals surface area (Å²) >= 11 is 0. The minimum absolute atomic E-state index is 0.0102. The first-order valence-corrected chi connectivity index (χ1v) is 7.56.